The number of nitrogens with zero attached hydrogens (tertiary/aromatic N) is 2. The van der Waals surface area contributed by atoms with E-state index in [1.807, 2.05) is 13.8 Å². The van der Waals surface area contributed by atoms with Gasteiger partial charge in [-0.2, -0.15) is 13.4 Å². The van der Waals surface area contributed by atoms with Gasteiger partial charge in [0.25, 0.3) is 5.91 Å². The molecule has 0 bridgehead atoms. The number of nitrogens with one attached hydrogen (secondary N) is 2. The lowest BCUT2D eigenvalue weighted by molar-refractivity contribution is 0.100. The van der Waals surface area contributed by atoms with E-state index in [0.29, 0.717) is 24.0 Å². The van der Waals surface area contributed by atoms with E-state index in [1.54, 1.807) is 26.0 Å². The first-order valence-electron chi connectivity index (χ1n) is 8.79. The van der Waals surface area contributed by atoms with Crippen LogP contribution in [0.2, 0.25) is 0 Å². The molecule has 1 aromatic carbocycles. The molecular formula is C18H25N5O4S. The monoisotopic (exact) mass is 407 g/mol. The molecule has 0 saturated heterocycles. The third-order valence-electron chi connectivity index (χ3n) is 3.63. The first-order valence-corrected chi connectivity index (χ1v) is 10.3. The average molecular weight is 407 g/mol. The summed E-state index contributed by atoms with van der Waals surface area (Å²) in [6.07, 6.45) is 1.35. The number of carbonyl (C=O) groups is 1. The highest BCUT2D eigenvalue weighted by Crippen LogP contribution is 2.22. The molecule has 152 valence electrons. The maximum atomic E-state index is 11.8. The Morgan fingerprint density at radius 3 is 2.36 bits per heavy atom. The Morgan fingerprint density at radius 1 is 1.18 bits per heavy atom. The highest BCUT2D eigenvalue weighted by atomic mass is 32.2. The molecule has 1 aromatic heterocycles. The summed E-state index contributed by atoms with van der Waals surface area (Å²) in [7, 11) is -3.65. The lowest BCUT2D eigenvalue weighted by Crippen LogP contribution is -2.20. The van der Waals surface area contributed by atoms with Crippen LogP contribution in [0.4, 0.5) is 17.5 Å². The van der Waals surface area contributed by atoms with Crippen molar-refractivity contribution in [1.29, 1.82) is 0 Å². The maximum absolute atomic E-state index is 11.8. The van der Waals surface area contributed by atoms with E-state index in [1.165, 1.54) is 18.3 Å². The highest BCUT2D eigenvalue weighted by Gasteiger charge is 2.18. The number of primary amides is 1. The molecule has 0 saturated carbocycles. The predicted octanol–water partition coefficient (Wildman–Crippen LogP) is 2.50. The lowest BCUT2D eigenvalue weighted by atomic mass is 10.2. The zero-order chi connectivity index (χ0) is 20.9. The normalized spacial score (nSPS) is 11.5. The van der Waals surface area contributed by atoms with Crippen LogP contribution >= 0.6 is 0 Å². The lowest BCUT2D eigenvalue weighted by Gasteiger charge is -2.13. The van der Waals surface area contributed by atoms with Crippen molar-refractivity contribution < 1.29 is 17.4 Å². The van der Waals surface area contributed by atoms with Crippen LogP contribution in [0, 0.1) is 5.92 Å². The van der Waals surface area contributed by atoms with Crippen molar-refractivity contribution >= 4 is 33.5 Å². The molecular weight excluding hydrogens is 382 g/mol. The molecule has 28 heavy (non-hydrogen) atoms. The van der Waals surface area contributed by atoms with Crippen LogP contribution in [-0.2, 0) is 10.1 Å². The highest BCUT2D eigenvalue weighted by molar-refractivity contribution is 7.87. The molecule has 0 unspecified atom stereocenters. The summed E-state index contributed by atoms with van der Waals surface area (Å²) in [6, 6.07) is 6.32. The van der Waals surface area contributed by atoms with Crippen LogP contribution in [0.5, 0.6) is 5.75 Å². The quantitative estimate of drug-likeness (QED) is 0.539. The van der Waals surface area contributed by atoms with Crippen LogP contribution in [0.25, 0.3) is 0 Å². The summed E-state index contributed by atoms with van der Waals surface area (Å²) < 4.78 is 28.6. The number of amides is 1. The standard InChI is InChI=1S/C18H25N5O4S/c1-11(2)9-20-17-15(16(19)24)10-21-18(23-17)22-13-5-7-14(8-6-13)27-28(25,26)12(3)4/h5-8,10-12H,9H2,1-4H3,(H2,19,24)(H2,20,21,22,23). The summed E-state index contributed by atoms with van der Waals surface area (Å²) in [4.78, 5) is 20.0. The van der Waals surface area contributed by atoms with Crippen LogP contribution < -0.4 is 20.6 Å². The number of benzene rings is 1. The van der Waals surface area contributed by atoms with Gasteiger partial charge in [0.05, 0.1) is 10.8 Å². The van der Waals surface area contributed by atoms with Gasteiger partial charge in [0, 0.05) is 18.4 Å². The summed E-state index contributed by atoms with van der Waals surface area (Å²) in [6.45, 7) is 7.76. The molecule has 0 aliphatic carbocycles. The van der Waals surface area contributed by atoms with Gasteiger partial charge in [-0.3, -0.25) is 4.79 Å². The zero-order valence-electron chi connectivity index (χ0n) is 16.3. The summed E-state index contributed by atoms with van der Waals surface area (Å²) in [5.41, 5.74) is 6.19. The maximum Gasteiger partial charge on any atom is 0.311 e. The van der Waals surface area contributed by atoms with E-state index in [2.05, 4.69) is 20.6 Å². The van der Waals surface area contributed by atoms with E-state index >= 15 is 0 Å². The first kappa shape index (κ1) is 21.4. The molecule has 1 amide bonds. The Balaban J connectivity index is 2.16. The molecule has 4 N–H and O–H groups in total. The predicted molar refractivity (Wildman–Crippen MR) is 108 cm³/mol. The molecule has 9 nitrogen and oxygen atoms in total. The second-order valence-corrected chi connectivity index (χ2v) is 8.96. The van der Waals surface area contributed by atoms with Gasteiger partial charge in [0.15, 0.2) is 0 Å². The minimum Gasteiger partial charge on any atom is -0.382 e. The van der Waals surface area contributed by atoms with Gasteiger partial charge >= 0.3 is 10.1 Å². The van der Waals surface area contributed by atoms with E-state index in [0.717, 1.165) is 0 Å². The van der Waals surface area contributed by atoms with Crippen LogP contribution in [0.15, 0.2) is 30.5 Å². The molecule has 1 heterocycles. The van der Waals surface area contributed by atoms with E-state index in [9.17, 15) is 13.2 Å². The zero-order valence-corrected chi connectivity index (χ0v) is 17.1. The minimum absolute atomic E-state index is 0.203. The number of rotatable bonds is 9. The fraction of sp³-hybridized carbons (Fsp3) is 0.389. The summed E-state index contributed by atoms with van der Waals surface area (Å²) >= 11 is 0. The van der Waals surface area contributed by atoms with Crippen molar-refractivity contribution in [2.75, 3.05) is 17.2 Å². The summed E-state index contributed by atoms with van der Waals surface area (Å²) in [5, 5.41) is 5.44. The van der Waals surface area contributed by atoms with Crippen molar-refractivity contribution in [1.82, 2.24) is 9.97 Å². The number of aromatic nitrogens is 2. The topological polar surface area (TPSA) is 136 Å². The molecule has 0 fully saturated rings. The van der Waals surface area contributed by atoms with Gasteiger partial charge in [-0.05, 0) is 44.0 Å². The Morgan fingerprint density at radius 2 is 1.82 bits per heavy atom. The molecule has 10 heteroatoms. The van der Waals surface area contributed by atoms with Crippen molar-refractivity contribution in [3.8, 4) is 5.75 Å². The number of hydrogen-bond acceptors (Lipinski definition) is 8. The SMILES string of the molecule is CC(C)CNc1nc(Nc2ccc(OS(=O)(=O)C(C)C)cc2)ncc1C(N)=O. The Kier molecular flexibility index (Phi) is 6.79. The van der Waals surface area contributed by atoms with Crippen molar-refractivity contribution in [2.45, 2.75) is 32.9 Å². The first-order chi connectivity index (χ1) is 13.1. The van der Waals surface area contributed by atoms with Gasteiger partial charge in [-0.1, -0.05) is 13.8 Å². The molecule has 2 aromatic rings. The Bertz CT molecular complexity index is 927. The van der Waals surface area contributed by atoms with Crippen molar-refractivity contribution in [3.05, 3.63) is 36.0 Å². The third kappa shape index (κ3) is 5.81. The van der Waals surface area contributed by atoms with E-state index < -0.39 is 21.3 Å². The second kappa shape index (κ2) is 8.87. The Hall–Kier alpha value is -2.88. The number of hydrogen-bond donors (Lipinski definition) is 3. The van der Waals surface area contributed by atoms with Crippen LogP contribution in [-0.4, -0.2) is 36.1 Å². The number of nitrogens with two attached hydrogens (primary N) is 1. The van der Waals surface area contributed by atoms with Crippen molar-refractivity contribution in [3.63, 3.8) is 0 Å². The van der Waals surface area contributed by atoms with E-state index in [4.69, 9.17) is 9.92 Å². The van der Waals surface area contributed by atoms with E-state index in [-0.39, 0.29) is 17.3 Å². The molecule has 0 spiro atoms. The largest absolute Gasteiger partial charge is 0.382 e. The third-order valence-corrected chi connectivity index (χ3v) is 5.21. The van der Waals surface area contributed by atoms with Gasteiger partial charge in [0.1, 0.15) is 11.6 Å². The van der Waals surface area contributed by atoms with Crippen LogP contribution in [0.1, 0.15) is 38.1 Å². The molecule has 0 atom stereocenters. The number of carbonyl (C=O) groups excluding carboxylic acids is 1. The van der Waals surface area contributed by atoms with Gasteiger partial charge < -0.3 is 20.6 Å². The Labute approximate surface area is 164 Å². The summed E-state index contributed by atoms with van der Waals surface area (Å²) in [5.74, 6) is 0.553. The second-order valence-electron chi connectivity index (χ2n) is 6.87. The number of anilines is 3. The van der Waals surface area contributed by atoms with Gasteiger partial charge in [-0.15, -0.1) is 0 Å². The minimum atomic E-state index is -3.65. The van der Waals surface area contributed by atoms with Crippen molar-refractivity contribution in [2.24, 2.45) is 11.7 Å². The smallest absolute Gasteiger partial charge is 0.311 e. The average Bonchev–Trinajstić information content (AvgIpc) is 2.61. The molecule has 0 aliphatic rings. The fourth-order valence-corrected chi connectivity index (χ4v) is 2.58. The molecule has 2 rings (SSSR count). The molecule has 0 radical (unpaired) electrons. The van der Waals surface area contributed by atoms with Gasteiger partial charge in [-0.25, -0.2) is 4.98 Å². The fourth-order valence-electron chi connectivity index (χ4n) is 2.01. The van der Waals surface area contributed by atoms with Gasteiger partial charge in [0.2, 0.25) is 5.95 Å². The van der Waals surface area contributed by atoms with Crippen LogP contribution in [0.3, 0.4) is 0 Å². The molecule has 0 aliphatic heterocycles.